The highest BCUT2D eigenvalue weighted by molar-refractivity contribution is 5.88. The molecule has 0 heterocycles. The zero-order valence-electron chi connectivity index (χ0n) is 27.2. The van der Waals surface area contributed by atoms with Crippen LogP contribution in [0.3, 0.4) is 0 Å². The Balaban J connectivity index is 1.48. The van der Waals surface area contributed by atoms with Gasteiger partial charge in [0.25, 0.3) is 0 Å². The number of aliphatic hydroxyl groups is 1. The van der Waals surface area contributed by atoms with Gasteiger partial charge in [0.1, 0.15) is 0 Å². The molecule has 3 rings (SSSR count). The predicted octanol–water partition coefficient (Wildman–Crippen LogP) is 6.97. The maximum absolute atomic E-state index is 12.5. The molecule has 246 valence electrons. The first kappa shape index (κ1) is 36.0. The zero-order valence-corrected chi connectivity index (χ0v) is 27.2. The molecule has 1 N–H and O–H groups in total. The van der Waals surface area contributed by atoms with Gasteiger partial charge in [0.2, 0.25) is 0 Å². The first-order chi connectivity index (χ1) is 21.4. The summed E-state index contributed by atoms with van der Waals surface area (Å²) in [7, 11) is 1.51. The van der Waals surface area contributed by atoms with Crippen LogP contribution in [0.1, 0.15) is 94.6 Å². The minimum absolute atomic E-state index is 0.00754. The molecule has 2 fully saturated rings. The molecule has 2 saturated carbocycles. The van der Waals surface area contributed by atoms with E-state index < -0.39 is 11.9 Å². The van der Waals surface area contributed by atoms with Crippen LogP contribution < -0.4 is 0 Å². The fourth-order valence-corrected chi connectivity index (χ4v) is 6.99. The van der Waals surface area contributed by atoms with Crippen molar-refractivity contribution in [2.45, 2.75) is 89.9 Å². The summed E-state index contributed by atoms with van der Waals surface area (Å²) >= 11 is 0. The van der Waals surface area contributed by atoms with Crippen LogP contribution >= 0.6 is 0 Å². The van der Waals surface area contributed by atoms with Gasteiger partial charge in [0.05, 0.1) is 50.8 Å². The lowest BCUT2D eigenvalue weighted by molar-refractivity contribution is -0.146. The van der Waals surface area contributed by atoms with E-state index in [1.165, 1.54) is 69.6 Å². The third-order valence-corrected chi connectivity index (χ3v) is 9.71. The van der Waals surface area contributed by atoms with E-state index in [0.717, 1.165) is 37.5 Å². The van der Waals surface area contributed by atoms with Crippen LogP contribution in [0, 0.1) is 23.7 Å². The molecule has 1 atom stereocenters. The molecule has 1 unspecified atom stereocenters. The maximum Gasteiger partial charge on any atom is 0.335 e. The number of aryl methyl sites for hydroxylation is 1. The molecule has 7 heteroatoms. The van der Waals surface area contributed by atoms with Gasteiger partial charge in [-0.2, -0.15) is 0 Å². The van der Waals surface area contributed by atoms with E-state index in [1.807, 2.05) is 0 Å². The van der Waals surface area contributed by atoms with Gasteiger partial charge in [-0.05, 0) is 99.0 Å². The fraction of sp³-hybridized carbons (Fsp3) is 0.676. The third-order valence-electron chi connectivity index (χ3n) is 9.71. The summed E-state index contributed by atoms with van der Waals surface area (Å²) in [5, 5.41) is 8.89. The fourth-order valence-electron chi connectivity index (χ4n) is 6.99. The predicted molar refractivity (Wildman–Crippen MR) is 173 cm³/mol. The van der Waals surface area contributed by atoms with Crippen molar-refractivity contribution in [1.29, 1.82) is 0 Å². The Labute approximate surface area is 265 Å². The average Bonchev–Trinajstić information content (AvgIpc) is 3.05. The SMILES string of the molecule is C=C(COC)C(=O)OCC(COC(=O)C(=C)COCCO)C1CCC(C2CCC(c3ccc(CCCCC)cc3)CC2)CC1. The summed E-state index contributed by atoms with van der Waals surface area (Å²) < 4.78 is 21.4. The molecule has 0 aliphatic heterocycles. The summed E-state index contributed by atoms with van der Waals surface area (Å²) in [6.07, 6.45) is 14.5. The summed E-state index contributed by atoms with van der Waals surface area (Å²) in [4.78, 5) is 24.9. The van der Waals surface area contributed by atoms with Gasteiger partial charge >= 0.3 is 11.9 Å². The van der Waals surface area contributed by atoms with Gasteiger partial charge in [0.15, 0.2) is 0 Å². The number of methoxy groups -OCH3 is 1. The molecule has 2 aliphatic carbocycles. The van der Waals surface area contributed by atoms with Crippen LogP contribution in [-0.4, -0.2) is 63.8 Å². The number of aliphatic hydroxyl groups excluding tert-OH is 1. The normalized spacial score (nSPS) is 22.6. The van der Waals surface area contributed by atoms with Crippen LogP contribution in [0.15, 0.2) is 48.6 Å². The molecular formula is C37H56O7. The smallest absolute Gasteiger partial charge is 0.335 e. The van der Waals surface area contributed by atoms with Crippen molar-refractivity contribution in [3.8, 4) is 0 Å². The molecule has 7 nitrogen and oxygen atoms in total. The highest BCUT2D eigenvalue weighted by Gasteiger charge is 2.34. The highest BCUT2D eigenvalue weighted by Crippen LogP contribution is 2.45. The number of ether oxygens (including phenoxy) is 4. The van der Waals surface area contributed by atoms with Gasteiger partial charge in [0, 0.05) is 13.0 Å². The molecule has 0 bridgehead atoms. The minimum Gasteiger partial charge on any atom is -0.462 e. The Morgan fingerprint density at radius 1 is 0.841 bits per heavy atom. The first-order valence-corrected chi connectivity index (χ1v) is 16.8. The van der Waals surface area contributed by atoms with Gasteiger partial charge in [-0.15, -0.1) is 0 Å². The standard InChI is InChI=1S/C37H56O7/c1-5-6-7-8-29-9-11-30(12-10-29)31-13-15-32(16-14-31)33-17-19-34(20-18-33)35(25-43-36(39)27(2)23-41-4)26-44-37(40)28(3)24-42-22-21-38/h9-12,31-35,38H,2-3,5-8,13-26H2,1,4H3. The lowest BCUT2D eigenvalue weighted by atomic mass is 9.67. The molecule has 0 radical (unpaired) electrons. The summed E-state index contributed by atoms with van der Waals surface area (Å²) in [5.74, 6) is 1.36. The topological polar surface area (TPSA) is 91.3 Å². The van der Waals surface area contributed by atoms with Crippen LogP contribution in [0.25, 0.3) is 0 Å². The largest absolute Gasteiger partial charge is 0.462 e. The van der Waals surface area contributed by atoms with E-state index in [1.54, 1.807) is 0 Å². The third kappa shape index (κ3) is 11.8. The zero-order chi connectivity index (χ0) is 31.7. The Bertz CT molecular complexity index is 1020. The van der Waals surface area contributed by atoms with Gasteiger partial charge in [-0.1, -0.05) is 57.2 Å². The number of esters is 2. The number of hydrogen-bond donors (Lipinski definition) is 1. The molecule has 44 heavy (non-hydrogen) atoms. The quantitative estimate of drug-likeness (QED) is 0.102. The second kappa shape index (κ2) is 19.8. The number of unbranched alkanes of at least 4 members (excludes halogenated alkanes) is 2. The monoisotopic (exact) mass is 612 g/mol. The second-order valence-electron chi connectivity index (χ2n) is 12.9. The van der Waals surface area contributed by atoms with Crippen molar-refractivity contribution < 1.29 is 33.6 Å². The Morgan fingerprint density at radius 2 is 1.41 bits per heavy atom. The van der Waals surface area contributed by atoms with Crippen molar-refractivity contribution in [3.05, 3.63) is 59.7 Å². The van der Waals surface area contributed by atoms with Crippen molar-refractivity contribution in [3.63, 3.8) is 0 Å². The number of carbonyl (C=O) groups excluding carboxylic acids is 2. The van der Waals surface area contributed by atoms with E-state index in [0.29, 0.717) is 11.8 Å². The van der Waals surface area contributed by atoms with E-state index >= 15 is 0 Å². The summed E-state index contributed by atoms with van der Waals surface area (Å²) in [5.41, 5.74) is 3.44. The second-order valence-corrected chi connectivity index (χ2v) is 12.9. The van der Waals surface area contributed by atoms with E-state index in [4.69, 9.17) is 24.1 Å². The van der Waals surface area contributed by atoms with Crippen molar-refractivity contribution in [2.75, 3.05) is 46.8 Å². The Morgan fingerprint density at radius 3 is 1.95 bits per heavy atom. The van der Waals surface area contributed by atoms with E-state index in [9.17, 15) is 9.59 Å². The number of carbonyl (C=O) groups is 2. The van der Waals surface area contributed by atoms with Crippen molar-refractivity contribution in [2.24, 2.45) is 23.7 Å². The summed E-state index contributed by atoms with van der Waals surface area (Å²) in [6, 6.07) is 9.44. The maximum atomic E-state index is 12.5. The molecule has 0 spiro atoms. The van der Waals surface area contributed by atoms with Crippen LogP contribution in [0.2, 0.25) is 0 Å². The van der Waals surface area contributed by atoms with Crippen LogP contribution in [0.4, 0.5) is 0 Å². The average molecular weight is 613 g/mol. The number of benzene rings is 1. The van der Waals surface area contributed by atoms with Crippen molar-refractivity contribution >= 4 is 11.9 Å². The molecule has 1 aromatic rings. The number of hydrogen-bond acceptors (Lipinski definition) is 7. The minimum atomic E-state index is -0.528. The molecule has 0 saturated heterocycles. The summed E-state index contributed by atoms with van der Waals surface area (Å²) in [6.45, 7) is 10.2. The lowest BCUT2D eigenvalue weighted by Gasteiger charge is -2.39. The lowest BCUT2D eigenvalue weighted by Crippen LogP contribution is -2.33. The highest BCUT2D eigenvalue weighted by atomic mass is 16.6. The molecule has 0 amide bonds. The number of rotatable bonds is 19. The Kier molecular flexibility index (Phi) is 16.2. The van der Waals surface area contributed by atoms with Gasteiger partial charge in [-0.25, -0.2) is 9.59 Å². The van der Waals surface area contributed by atoms with E-state index in [2.05, 4.69) is 44.3 Å². The van der Waals surface area contributed by atoms with Crippen LogP contribution in [-0.2, 0) is 35.0 Å². The molecule has 2 aliphatic rings. The van der Waals surface area contributed by atoms with E-state index in [-0.39, 0.29) is 56.7 Å². The van der Waals surface area contributed by atoms with Crippen LogP contribution in [0.5, 0.6) is 0 Å². The first-order valence-electron chi connectivity index (χ1n) is 16.8. The van der Waals surface area contributed by atoms with Gasteiger partial charge in [-0.3, -0.25) is 0 Å². The molecule has 1 aromatic carbocycles. The Hall–Kier alpha value is -2.48. The molecular weight excluding hydrogens is 556 g/mol. The van der Waals surface area contributed by atoms with Gasteiger partial charge < -0.3 is 24.1 Å². The molecule has 0 aromatic heterocycles. The van der Waals surface area contributed by atoms with Crippen molar-refractivity contribution in [1.82, 2.24) is 0 Å².